The zero-order chi connectivity index (χ0) is 42.0. The fourth-order valence-electron chi connectivity index (χ4n) is 8.67. The minimum absolute atomic E-state index is 0.219. The second kappa shape index (κ2) is 18.0. The summed E-state index contributed by atoms with van der Waals surface area (Å²) in [7, 11) is 0.725. The van der Waals surface area contributed by atoms with Crippen molar-refractivity contribution in [2.75, 3.05) is 87.6 Å². The summed E-state index contributed by atoms with van der Waals surface area (Å²) >= 11 is 6.48. The fraction of sp³-hybridized carbons (Fsp3) is 0.429. The monoisotopic (exact) mass is 861 g/mol. The number of nitrogens with zero attached hydrogens (tertiary/aromatic N) is 6. The highest BCUT2D eigenvalue weighted by molar-refractivity contribution is 7.62. The number of anilines is 6. The van der Waals surface area contributed by atoms with Crippen molar-refractivity contribution in [2.24, 2.45) is 5.92 Å². The zero-order valence-electron chi connectivity index (χ0n) is 34.0. The molecule has 1 aromatic heterocycles. The van der Waals surface area contributed by atoms with Crippen LogP contribution in [0.25, 0.3) is 0 Å². The predicted molar refractivity (Wildman–Crippen MR) is 230 cm³/mol. The maximum absolute atomic E-state index is 15.5. The van der Waals surface area contributed by atoms with Crippen LogP contribution in [0, 0.1) is 11.7 Å². The molecule has 3 fully saturated rings. The van der Waals surface area contributed by atoms with Crippen molar-refractivity contribution in [1.82, 2.24) is 25.1 Å². The van der Waals surface area contributed by atoms with E-state index in [0.717, 1.165) is 75.5 Å². The third-order valence-corrected chi connectivity index (χ3v) is 14.2. The Balaban J connectivity index is 0.830. The number of hydrogen-bond donors (Lipinski definition) is 3. The van der Waals surface area contributed by atoms with Crippen LogP contribution in [0.3, 0.4) is 0 Å². The van der Waals surface area contributed by atoms with E-state index >= 15 is 4.39 Å². The molecule has 0 radical (unpaired) electrons. The highest BCUT2D eigenvalue weighted by Crippen LogP contribution is 2.47. The van der Waals surface area contributed by atoms with E-state index in [1.165, 1.54) is 20.4 Å². The molecule has 0 bridgehead atoms. The van der Waals surface area contributed by atoms with Gasteiger partial charge < -0.3 is 34.2 Å². The van der Waals surface area contributed by atoms with Crippen LogP contribution in [0.4, 0.5) is 38.9 Å². The van der Waals surface area contributed by atoms with E-state index in [0.29, 0.717) is 65.8 Å². The molecule has 2 amide bonds. The van der Waals surface area contributed by atoms with E-state index in [-0.39, 0.29) is 34.6 Å². The number of fused-ring (bicyclic) bond motifs is 1. The van der Waals surface area contributed by atoms with Gasteiger partial charge in [-0.05, 0) is 72.7 Å². The van der Waals surface area contributed by atoms with E-state index in [1.807, 2.05) is 23.1 Å². The number of piperazine rings is 1. The number of methoxy groups -OCH3 is 1. The highest BCUT2D eigenvalue weighted by atomic mass is 35.5. The minimum Gasteiger partial charge on any atom is -0.494 e. The number of benzene rings is 3. The van der Waals surface area contributed by atoms with E-state index in [1.54, 1.807) is 37.4 Å². The summed E-state index contributed by atoms with van der Waals surface area (Å²) < 4.78 is 44.9. The summed E-state index contributed by atoms with van der Waals surface area (Å²) in [5.74, 6) is 1.08. The molecule has 4 aliphatic rings. The van der Waals surface area contributed by atoms with Crippen LogP contribution >= 0.6 is 19.2 Å². The summed E-state index contributed by atoms with van der Waals surface area (Å²) in [4.78, 5) is 42.2. The van der Waals surface area contributed by atoms with Gasteiger partial charge in [-0.1, -0.05) is 23.7 Å². The number of amides is 2. The van der Waals surface area contributed by atoms with Gasteiger partial charge in [0.15, 0.2) is 5.82 Å². The molecule has 0 saturated carbocycles. The van der Waals surface area contributed by atoms with Gasteiger partial charge in [0, 0.05) is 91.3 Å². The molecule has 3 aromatic carbocycles. The first-order valence-corrected chi connectivity index (χ1v) is 22.1. The summed E-state index contributed by atoms with van der Waals surface area (Å²) in [5, 5.41) is 9.45. The molecule has 4 aliphatic heterocycles. The van der Waals surface area contributed by atoms with E-state index in [4.69, 9.17) is 25.4 Å². The second-order valence-corrected chi connectivity index (χ2v) is 18.2. The van der Waals surface area contributed by atoms with Crippen LogP contribution in [0.5, 0.6) is 5.75 Å². The summed E-state index contributed by atoms with van der Waals surface area (Å²) in [5.41, 5.74) is 4.81. The number of piperidine rings is 2. The lowest BCUT2D eigenvalue weighted by atomic mass is 9.95. The Labute approximate surface area is 354 Å². The number of hydrogen-bond acceptors (Lipinski definition) is 14. The first-order chi connectivity index (χ1) is 29.0. The Hall–Kier alpha value is -4.83. The molecule has 15 nitrogen and oxygen atoms in total. The molecule has 0 spiro atoms. The number of aromatic nitrogens is 2. The Morgan fingerprint density at radius 3 is 2.33 bits per heavy atom. The van der Waals surface area contributed by atoms with E-state index in [2.05, 4.69) is 46.7 Å². The maximum atomic E-state index is 15.5. The van der Waals surface area contributed by atoms with Crippen LogP contribution in [0.1, 0.15) is 36.8 Å². The summed E-state index contributed by atoms with van der Waals surface area (Å²) in [6.07, 6.45) is 4.43. The van der Waals surface area contributed by atoms with Crippen LogP contribution < -0.4 is 35.8 Å². The molecule has 18 heteroatoms. The standard InChI is InChI=1S/C42H50ClFN9O6P/c1-57-37-22-30(8-9-33(37)47-42-45-23-31(43)40(49-42)46-34-6-4-5-7-38(34)60(56,58-2)59-3)51-14-12-27(13-15-51)24-50-16-18-52(19-17-50)36-21-29-26-53(25-28(29)20-32(36)44)35-10-11-39(54)48-41(35)55/h4-9,20-23,27,35H,10-19,24-26H2,1-3H3,(H,48,54,55)(H2,45,46,47,49). The Morgan fingerprint density at radius 1 is 0.883 bits per heavy atom. The molecule has 318 valence electrons. The number of ether oxygens (including phenoxy) is 1. The number of para-hydroxylation sites is 1. The second-order valence-electron chi connectivity index (χ2n) is 15.6. The molecular formula is C42H50ClFN9O6P. The van der Waals surface area contributed by atoms with Crippen molar-refractivity contribution in [3.63, 3.8) is 0 Å². The molecular weight excluding hydrogens is 812 g/mol. The normalized spacial score (nSPS) is 19.3. The zero-order valence-corrected chi connectivity index (χ0v) is 35.6. The summed E-state index contributed by atoms with van der Waals surface area (Å²) in [6.45, 7) is 7.20. The van der Waals surface area contributed by atoms with Crippen LogP contribution in [0.2, 0.25) is 5.02 Å². The first-order valence-electron chi connectivity index (χ1n) is 20.2. The van der Waals surface area contributed by atoms with Crippen molar-refractivity contribution in [3.8, 4) is 5.75 Å². The van der Waals surface area contributed by atoms with Crippen molar-refractivity contribution in [2.45, 2.75) is 44.8 Å². The molecule has 60 heavy (non-hydrogen) atoms. The smallest absolute Gasteiger partial charge is 0.362 e. The lowest BCUT2D eigenvalue weighted by Crippen LogP contribution is -2.50. The fourth-order valence-corrected chi connectivity index (χ4v) is 10.0. The van der Waals surface area contributed by atoms with Gasteiger partial charge in [0.1, 0.15) is 16.6 Å². The molecule has 3 saturated heterocycles. The quantitative estimate of drug-likeness (QED) is 0.106. The first kappa shape index (κ1) is 41.9. The minimum atomic E-state index is -3.57. The Morgan fingerprint density at radius 2 is 1.62 bits per heavy atom. The van der Waals surface area contributed by atoms with Crippen molar-refractivity contribution in [1.29, 1.82) is 0 Å². The molecule has 0 aliphatic carbocycles. The number of carbonyl (C=O) groups excluding carboxylic acids is 2. The van der Waals surface area contributed by atoms with Gasteiger partial charge in [-0.3, -0.25) is 29.3 Å². The van der Waals surface area contributed by atoms with Gasteiger partial charge in [-0.25, -0.2) is 9.37 Å². The Bertz CT molecular complexity index is 2280. The molecule has 8 rings (SSSR count). The van der Waals surface area contributed by atoms with E-state index in [9.17, 15) is 14.2 Å². The van der Waals surface area contributed by atoms with Crippen LogP contribution in [0.15, 0.2) is 60.8 Å². The largest absolute Gasteiger partial charge is 0.494 e. The topological polar surface area (TPSA) is 154 Å². The summed E-state index contributed by atoms with van der Waals surface area (Å²) in [6, 6.07) is 16.2. The molecule has 1 unspecified atom stereocenters. The highest BCUT2D eigenvalue weighted by Gasteiger charge is 2.36. The van der Waals surface area contributed by atoms with E-state index < -0.39 is 7.60 Å². The number of carbonyl (C=O) groups is 2. The van der Waals surface area contributed by atoms with Gasteiger partial charge in [-0.2, -0.15) is 4.98 Å². The SMILES string of the molecule is COc1cc(N2CCC(CN3CCN(c4cc5c(cc4F)CN(C4CCC(=O)NC4=O)C5)CC3)CC2)ccc1Nc1ncc(Cl)c(Nc2ccccc2P(=O)(OC)OC)n1. The third kappa shape index (κ3) is 8.95. The van der Waals surface area contributed by atoms with Gasteiger partial charge >= 0.3 is 7.60 Å². The lowest BCUT2D eigenvalue weighted by Gasteiger charge is -2.40. The number of halogens is 2. The van der Waals surface area contributed by atoms with Crippen LogP contribution in [-0.4, -0.2) is 105 Å². The Kier molecular flexibility index (Phi) is 12.6. The maximum Gasteiger partial charge on any atom is 0.362 e. The van der Waals surface area contributed by atoms with Gasteiger partial charge in [0.25, 0.3) is 0 Å². The van der Waals surface area contributed by atoms with Crippen molar-refractivity contribution >= 4 is 70.8 Å². The number of imide groups is 1. The lowest BCUT2D eigenvalue weighted by molar-refractivity contribution is -0.137. The predicted octanol–water partition coefficient (Wildman–Crippen LogP) is 6.04. The molecule has 4 aromatic rings. The van der Waals surface area contributed by atoms with Gasteiger partial charge in [0.05, 0.1) is 41.7 Å². The molecule has 3 N–H and O–H groups in total. The average molecular weight is 862 g/mol. The number of rotatable bonds is 13. The molecule has 5 heterocycles. The van der Waals surface area contributed by atoms with Gasteiger partial charge in [0.2, 0.25) is 17.8 Å². The molecule has 1 atom stereocenters. The van der Waals surface area contributed by atoms with Gasteiger partial charge in [-0.15, -0.1) is 0 Å². The van der Waals surface area contributed by atoms with Crippen molar-refractivity contribution < 1.29 is 32.3 Å². The number of nitrogens with one attached hydrogen (secondary N) is 3. The van der Waals surface area contributed by atoms with Crippen molar-refractivity contribution in [3.05, 3.63) is 82.8 Å². The third-order valence-electron chi connectivity index (χ3n) is 12.0. The van der Waals surface area contributed by atoms with Crippen LogP contribution in [-0.2, 0) is 36.3 Å². The average Bonchev–Trinajstić information content (AvgIpc) is 3.67.